The maximum absolute atomic E-state index is 14.1. The third-order valence-electron chi connectivity index (χ3n) is 7.57. The van der Waals surface area contributed by atoms with E-state index in [2.05, 4.69) is 5.32 Å². The van der Waals surface area contributed by atoms with Crippen LogP contribution in [0.5, 0.6) is 0 Å². The summed E-state index contributed by atoms with van der Waals surface area (Å²) in [6, 6.07) is 14.9. The predicted molar refractivity (Wildman–Crippen MR) is 147 cm³/mol. The zero-order chi connectivity index (χ0) is 31.4. The minimum atomic E-state index is -5.10. The van der Waals surface area contributed by atoms with E-state index in [1.807, 2.05) is 16.8 Å². The van der Waals surface area contributed by atoms with Crippen LogP contribution in [0.1, 0.15) is 41.3 Å². The summed E-state index contributed by atoms with van der Waals surface area (Å²) in [6.45, 7) is -0.520. The molecule has 0 bridgehead atoms. The molecule has 1 saturated carbocycles. The number of nitrogens with one attached hydrogen (secondary N) is 1. The van der Waals surface area contributed by atoms with Gasteiger partial charge < -0.3 is 14.8 Å². The first kappa shape index (κ1) is 29.3. The predicted octanol–water partition coefficient (Wildman–Crippen LogP) is 7.79. The zero-order valence-corrected chi connectivity index (χ0v) is 22.7. The third kappa shape index (κ3) is 5.61. The Morgan fingerprint density at radius 2 is 1.43 bits per heavy atom. The van der Waals surface area contributed by atoms with Crippen molar-refractivity contribution < 1.29 is 40.3 Å². The molecule has 4 aromatic rings. The molecule has 1 fully saturated rings. The highest BCUT2D eigenvalue weighted by atomic mass is 19.4. The number of carbonyl (C=O) groups is 2. The molecule has 1 unspecified atom stereocenters. The maximum atomic E-state index is 14.1. The van der Waals surface area contributed by atoms with Gasteiger partial charge in [0.05, 0.1) is 28.2 Å². The number of para-hydroxylation sites is 2. The van der Waals surface area contributed by atoms with E-state index < -0.39 is 65.6 Å². The number of carbonyl (C=O) groups excluding carboxylic acids is 2. The Kier molecular flexibility index (Phi) is 7.13. The van der Waals surface area contributed by atoms with E-state index in [1.54, 1.807) is 42.5 Å². The minimum absolute atomic E-state index is 0.0307. The number of aromatic nitrogens is 1. The Labute approximate surface area is 246 Å². The molecular formula is C31H23F7N4O2. The normalized spacial score (nSPS) is 16.2. The summed E-state index contributed by atoms with van der Waals surface area (Å²) in [5.41, 5.74) is -1.42. The van der Waals surface area contributed by atoms with Gasteiger partial charge in [0.1, 0.15) is 18.4 Å². The minimum Gasteiger partial charge on any atom is -0.316 e. The van der Waals surface area contributed by atoms with E-state index in [4.69, 9.17) is 0 Å². The molecule has 1 aliphatic carbocycles. The maximum Gasteiger partial charge on any atom is 0.416 e. The summed E-state index contributed by atoms with van der Waals surface area (Å²) < 4.78 is 96.1. The van der Waals surface area contributed by atoms with Crippen molar-refractivity contribution in [3.63, 3.8) is 0 Å². The first-order valence-electron chi connectivity index (χ1n) is 13.5. The smallest absolute Gasteiger partial charge is 0.316 e. The monoisotopic (exact) mass is 616 g/mol. The standard InChI is InChI=1S/C31H23F7N4O2/c32-21-9-7-18(8-10-21)28-26-6-3-13-40(26)24-4-1-2-5-25(24)42(28)27(43)17-41(23-11-12-23)29(44)39-22-15-19(30(33,34)35)14-20(16-22)31(36,37)38/h1-10,13-16,23,28H,11-12,17H2,(H,39,44). The van der Waals surface area contributed by atoms with Gasteiger partial charge in [-0.3, -0.25) is 9.69 Å². The quantitative estimate of drug-likeness (QED) is 0.233. The van der Waals surface area contributed by atoms with Gasteiger partial charge in [0, 0.05) is 17.9 Å². The second-order valence-electron chi connectivity index (χ2n) is 10.6. The van der Waals surface area contributed by atoms with Gasteiger partial charge in [-0.15, -0.1) is 0 Å². The molecule has 2 aliphatic rings. The van der Waals surface area contributed by atoms with Crippen molar-refractivity contribution in [3.05, 3.63) is 113 Å². The Balaban J connectivity index is 1.34. The van der Waals surface area contributed by atoms with E-state index >= 15 is 0 Å². The molecular weight excluding hydrogens is 593 g/mol. The van der Waals surface area contributed by atoms with Crippen molar-refractivity contribution in [1.82, 2.24) is 9.47 Å². The number of halogens is 7. The van der Waals surface area contributed by atoms with Gasteiger partial charge in [-0.25, -0.2) is 9.18 Å². The Morgan fingerprint density at radius 3 is 2.02 bits per heavy atom. The second kappa shape index (κ2) is 10.7. The van der Waals surface area contributed by atoms with Crippen LogP contribution in [0.15, 0.2) is 85.1 Å². The second-order valence-corrected chi connectivity index (χ2v) is 10.6. The molecule has 0 saturated heterocycles. The highest BCUT2D eigenvalue weighted by Gasteiger charge is 2.41. The van der Waals surface area contributed by atoms with Gasteiger partial charge in [-0.2, -0.15) is 26.3 Å². The summed E-state index contributed by atoms with van der Waals surface area (Å²) in [6.07, 6.45) is -7.38. The Bertz CT molecular complexity index is 1690. The van der Waals surface area contributed by atoms with Crippen LogP contribution in [0, 0.1) is 5.82 Å². The van der Waals surface area contributed by atoms with Gasteiger partial charge in [0.25, 0.3) is 0 Å². The van der Waals surface area contributed by atoms with Crippen LogP contribution in [0.3, 0.4) is 0 Å². The van der Waals surface area contributed by atoms with Crippen molar-refractivity contribution in [2.45, 2.75) is 37.3 Å². The van der Waals surface area contributed by atoms with E-state index in [1.165, 1.54) is 17.0 Å². The molecule has 6 rings (SSSR count). The number of hydrogen-bond acceptors (Lipinski definition) is 2. The van der Waals surface area contributed by atoms with Gasteiger partial charge in [-0.05, 0) is 73.0 Å². The number of alkyl halides is 6. The number of rotatable bonds is 5. The molecule has 13 heteroatoms. The first-order chi connectivity index (χ1) is 20.8. The lowest BCUT2D eigenvalue weighted by Crippen LogP contribution is -2.48. The summed E-state index contributed by atoms with van der Waals surface area (Å²) in [5, 5.41) is 2.15. The Hall–Kier alpha value is -4.81. The van der Waals surface area contributed by atoms with E-state index in [9.17, 15) is 40.3 Å². The largest absolute Gasteiger partial charge is 0.416 e. The number of hydrogen-bond donors (Lipinski definition) is 1. The first-order valence-corrected chi connectivity index (χ1v) is 13.5. The van der Waals surface area contributed by atoms with Crippen molar-refractivity contribution in [3.8, 4) is 5.69 Å². The number of urea groups is 1. The van der Waals surface area contributed by atoms with Crippen LogP contribution in [-0.4, -0.2) is 34.0 Å². The van der Waals surface area contributed by atoms with Gasteiger partial charge in [0.2, 0.25) is 5.91 Å². The summed E-state index contributed by atoms with van der Waals surface area (Å²) in [5.74, 6) is -1.03. The van der Waals surface area contributed by atoms with Crippen molar-refractivity contribution in [2.75, 3.05) is 16.8 Å². The molecule has 3 aromatic carbocycles. The summed E-state index contributed by atoms with van der Waals surface area (Å²) in [4.78, 5) is 30.1. The highest BCUT2D eigenvalue weighted by molar-refractivity contribution is 6.01. The number of benzene rings is 3. The fourth-order valence-corrected chi connectivity index (χ4v) is 5.42. The van der Waals surface area contributed by atoms with E-state index in [0.29, 0.717) is 47.6 Å². The van der Waals surface area contributed by atoms with Gasteiger partial charge in [0.15, 0.2) is 0 Å². The lowest BCUT2D eigenvalue weighted by atomic mass is 9.97. The molecule has 0 radical (unpaired) electrons. The van der Waals surface area contributed by atoms with Crippen LogP contribution in [0.4, 0.5) is 46.9 Å². The molecule has 44 heavy (non-hydrogen) atoms. The number of anilines is 2. The topological polar surface area (TPSA) is 57.6 Å². The van der Waals surface area contributed by atoms with E-state index in [0.717, 1.165) is 4.90 Å². The molecule has 2 heterocycles. The SMILES string of the molecule is O=C(Nc1cc(C(F)(F)F)cc(C(F)(F)F)c1)N(CC(=O)N1c2ccccc2-n2cccc2C1c1ccc(F)cc1)C1CC1. The highest BCUT2D eigenvalue weighted by Crippen LogP contribution is 2.43. The van der Waals surface area contributed by atoms with Crippen molar-refractivity contribution in [2.24, 2.45) is 0 Å². The number of fused-ring (bicyclic) bond motifs is 3. The average molecular weight is 617 g/mol. The van der Waals surface area contributed by atoms with Gasteiger partial charge in [-0.1, -0.05) is 24.3 Å². The van der Waals surface area contributed by atoms with Crippen LogP contribution in [0.25, 0.3) is 5.69 Å². The fourth-order valence-electron chi connectivity index (χ4n) is 5.42. The van der Waals surface area contributed by atoms with Crippen LogP contribution < -0.4 is 10.2 Å². The lowest BCUT2D eigenvalue weighted by molar-refractivity contribution is -0.143. The van der Waals surface area contributed by atoms with Crippen LogP contribution in [0.2, 0.25) is 0 Å². The lowest BCUT2D eigenvalue weighted by Gasteiger charge is -2.39. The molecule has 228 valence electrons. The van der Waals surface area contributed by atoms with Crippen molar-refractivity contribution >= 4 is 23.3 Å². The molecule has 6 nitrogen and oxygen atoms in total. The zero-order valence-electron chi connectivity index (χ0n) is 22.7. The van der Waals surface area contributed by atoms with Crippen LogP contribution >= 0.6 is 0 Å². The fraction of sp³-hybridized carbons (Fsp3) is 0.226. The molecule has 1 N–H and O–H groups in total. The molecule has 1 atom stereocenters. The van der Waals surface area contributed by atoms with Crippen molar-refractivity contribution in [1.29, 1.82) is 0 Å². The molecule has 1 aliphatic heterocycles. The molecule has 0 spiro atoms. The third-order valence-corrected chi connectivity index (χ3v) is 7.57. The summed E-state index contributed by atoms with van der Waals surface area (Å²) >= 11 is 0. The molecule has 1 aromatic heterocycles. The van der Waals surface area contributed by atoms with Gasteiger partial charge >= 0.3 is 18.4 Å². The van der Waals surface area contributed by atoms with E-state index in [-0.39, 0.29) is 6.07 Å². The summed E-state index contributed by atoms with van der Waals surface area (Å²) in [7, 11) is 0. The molecule has 3 amide bonds. The Morgan fingerprint density at radius 1 is 0.818 bits per heavy atom. The number of amides is 3. The van der Waals surface area contributed by atoms with Crippen LogP contribution in [-0.2, 0) is 17.1 Å². The average Bonchev–Trinajstić information content (AvgIpc) is 3.69. The number of nitrogens with zero attached hydrogens (tertiary/aromatic N) is 3.